The average Bonchev–Trinajstić information content (AvgIpc) is 3.11. The zero-order valence-electron chi connectivity index (χ0n) is 14.0. The molecule has 128 valence electrons. The second kappa shape index (κ2) is 6.86. The molecular weight excluding hydrogens is 334 g/mol. The summed E-state index contributed by atoms with van der Waals surface area (Å²) in [6, 6.07) is 15.9. The number of methoxy groups -OCH3 is 1. The minimum Gasteiger partial charge on any atom is -0.497 e. The highest BCUT2D eigenvalue weighted by molar-refractivity contribution is 7.17. The molecule has 0 N–H and O–H groups in total. The Balaban J connectivity index is 1.57. The van der Waals surface area contributed by atoms with Crippen LogP contribution >= 0.6 is 11.3 Å². The van der Waals surface area contributed by atoms with Crippen molar-refractivity contribution in [1.29, 1.82) is 0 Å². The van der Waals surface area contributed by atoms with Crippen molar-refractivity contribution in [3.05, 3.63) is 65.0 Å². The maximum Gasteiger partial charge on any atom is 0.255 e. The van der Waals surface area contributed by atoms with Crippen molar-refractivity contribution in [3.8, 4) is 5.75 Å². The molecule has 1 unspecified atom stereocenters. The fourth-order valence-corrected chi connectivity index (χ4v) is 4.13. The maximum absolute atomic E-state index is 13.0. The van der Waals surface area contributed by atoms with Crippen LogP contribution in [0.25, 0.3) is 10.1 Å². The molecule has 1 aliphatic rings. The van der Waals surface area contributed by atoms with Crippen LogP contribution in [0.5, 0.6) is 5.75 Å². The highest BCUT2D eigenvalue weighted by Gasteiger charge is 2.27. The number of carbonyl (C=O) groups excluding carboxylic acids is 1. The molecule has 1 aromatic heterocycles. The van der Waals surface area contributed by atoms with Crippen LogP contribution in [0.15, 0.2) is 53.9 Å². The number of hydrogen-bond donors (Lipinski definition) is 0. The lowest BCUT2D eigenvalue weighted by atomic mass is 10.1. The van der Waals surface area contributed by atoms with Crippen molar-refractivity contribution < 1.29 is 14.3 Å². The van der Waals surface area contributed by atoms with Crippen molar-refractivity contribution in [2.45, 2.75) is 6.10 Å². The minimum absolute atomic E-state index is 0.0775. The number of benzene rings is 2. The van der Waals surface area contributed by atoms with E-state index in [2.05, 4.69) is 6.07 Å². The molecule has 0 aliphatic carbocycles. The van der Waals surface area contributed by atoms with Gasteiger partial charge in [-0.1, -0.05) is 30.3 Å². The van der Waals surface area contributed by atoms with Crippen molar-refractivity contribution in [2.24, 2.45) is 0 Å². The Hall–Kier alpha value is -2.37. The first kappa shape index (κ1) is 16.1. The molecule has 0 radical (unpaired) electrons. The molecule has 5 heteroatoms. The number of fused-ring (bicyclic) bond motifs is 1. The van der Waals surface area contributed by atoms with Gasteiger partial charge in [0.15, 0.2) is 0 Å². The number of morpholine rings is 1. The Labute approximate surface area is 150 Å². The van der Waals surface area contributed by atoms with Gasteiger partial charge in [-0.3, -0.25) is 4.79 Å². The summed E-state index contributed by atoms with van der Waals surface area (Å²) in [5, 5.41) is 2.99. The largest absolute Gasteiger partial charge is 0.497 e. The van der Waals surface area contributed by atoms with E-state index in [1.54, 1.807) is 18.4 Å². The van der Waals surface area contributed by atoms with E-state index in [4.69, 9.17) is 9.47 Å². The standard InChI is InChI=1S/C20H19NO3S/c1-23-15-6-4-5-14(11-15)18-12-21(9-10-24-18)20(22)17-13-25-19-8-3-2-7-16(17)19/h2-8,11,13,18H,9-10,12H2,1H3. The number of amides is 1. The van der Waals surface area contributed by atoms with E-state index in [-0.39, 0.29) is 12.0 Å². The van der Waals surface area contributed by atoms with Gasteiger partial charge < -0.3 is 14.4 Å². The zero-order chi connectivity index (χ0) is 17.2. The van der Waals surface area contributed by atoms with Crippen molar-refractivity contribution >= 4 is 27.3 Å². The van der Waals surface area contributed by atoms with Crippen molar-refractivity contribution in [1.82, 2.24) is 4.90 Å². The monoisotopic (exact) mass is 353 g/mol. The molecule has 0 spiro atoms. The van der Waals surface area contributed by atoms with E-state index >= 15 is 0 Å². The smallest absolute Gasteiger partial charge is 0.255 e. The third-order valence-corrected chi connectivity index (χ3v) is 5.49. The average molecular weight is 353 g/mol. The highest BCUT2D eigenvalue weighted by atomic mass is 32.1. The second-order valence-electron chi connectivity index (χ2n) is 6.03. The summed E-state index contributed by atoms with van der Waals surface area (Å²) in [5.41, 5.74) is 1.82. The van der Waals surface area contributed by atoms with Gasteiger partial charge in [-0.2, -0.15) is 0 Å². The van der Waals surface area contributed by atoms with Crippen molar-refractivity contribution in [2.75, 3.05) is 26.8 Å². The number of thiophene rings is 1. The van der Waals surface area contributed by atoms with E-state index < -0.39 is 0 Å². The third kappa shape index (κ3) is 3.13. The molecule has 1 saturated heterocycles. The summed E-state index contributed by atoms with van der Waals surface area (Å²) in [7, 11) is 1.65. The Morgan fingerprint density at radius 2 is 2.12 bits per heavy atom. The summed E-state index contributed by atoms with van der Waals surface area (Å²) in [6.45, 7) is 1.70. The van der Waals surface area contributed by atoms with Crippen LogP contribution in [-0.4, -0.2) is 37.6 Å². The molecule has 0 bridgehead atoms. The van der Waals surface area contributed by atoms with Gasteiger partial charge in [-0.15, -0.1) is 11.3 Å². The number of rotatable bonds is 3. The lowest BCUT2D eigenvalue weighted by Gasteiger charge is -2.33. The molecule has 2 aromatic carbocycles. The fourth-order valence-electron chi connectivity index (χ4n) is 3.19. The molecule has 0 saturated carbocycles. The molecule has 1 atom stereocenters. The Kier molecular flexibility index (Phi) is 4.42. The zero-order valence-corrected chi connectivity index (χ0v) is 14.8. The summed E-state index contributed by atoms with van der Waals surface area (Å²) in [6.07, 6.45) is -0.127. The number of carbonyl (C=O) groups is 1. The molecule has 1 aliphatic heterocycles. The van der Waals surface area contributed by atoms with E-state index in [1.165, 1.54) is 0 Å². The number of nitrogens with zero attached hydrogens (tertiary/aromatic N) is 1. The predicted octanol–water partition coefficient (Wildman–Crippen LogP) is 4.12. The Morgan fingerprint density at radius 3 is 3.00 bits per heavy atom. The predicted molar refractivity (Wildman–Crippen MR) is 99.4 cm³/mol. The van der Waals surface area contributed by atoms with E-state index in [0.717, 1.165) is 27.0 Å². The molecule has 1 fully saturated rings. The molecule has 4 rings (SSSR count). The summed E-state index contributed by atoms with van der Waals surface area (Å²) in [5.74, 6) is 0.877. The Bertz CT molecular complexity index is 905. The molecule has 3 aromatic rings. The summed E-state index contributed by atoms with van der Waals surface area (Å²) >= 11 is 1.61. The first-order valence-corrected chi connectivity index (χ1v) is 9.15. The van der Waals surface area contributed by atoms with Gasteiger partial charge in [0.2, 0.25) is 0 Å². The quantitative estimate of drug-likeness (QED) is 0.711. The van der Waals surface area contributed by atoms with Crippen LogP contribution in [0.4, 0.5) is 0 Å². The topological polar surface area (TPSA) is 38.8 Å². The lowest BCUT2D eigenvalue weighted by molar-refractivity contribution is -0.0228. The van der Waals surface area contributed by atoms with Gasteiger partial charge in [0.25, 0.3) is 5.91 Å². The lowest BCUT2D eigenvalue weighted by Crippen LogP contribution is -2.42. The van der Waals surface area contributed by atoms with Gasteiger partial charge in [0.1, 0.15) is 11.9 Å². The molecular formula is C20H19NO3S. The van der Waals surface area contributed by atoms with Crippen molar-refractivity contribution in [3.63, 3.8) is 0 Å². The molecule has 25 heavy (non-hydrogen) atoms. The SMILES string of the molecule is COc1cccc(C2CN(C(=O)c3csc4ccccc34)CCO2)c1. The number of ether oxygens (including phenoxy) is 2. The van der Waals surface area contributed by atoms with Crippen LogP contribution in [0, 0.1) is 0 Å². The minimum atomic E-state index is -0.127. The van der Waals surface area contributed by atoms with Crippen LogP contribution in [0.1, 0.15) is 22.0 Å². The number of hydrogen-bond acceptors (Lipinski definition) is 4. The van der Waals surface area contributed by atoms with E-state index in [0.29, 0.717) is 19.7 Å². The van der Waals surface area contributed by atoms with Crippen LogP contribution in [-0.2, 0) is 4.74 Å². The summed E-state index contributed by atoms with van der Waals surface area (Å²) in [4.78, 5) is 14.9. The molecule has 1 amide bonds. The summed E-state index contributed by atoms with van der Waals surface area (Å²) < 4.78 is 12.3. The first-order chi connectivity index (χ1) is 12.3. The first-order valence-electron chi connectivity index (χ1n) is 8.27. The highest BCUT2D eigenvalue weighted by Crippen LogP contribution is 2.29. The van der Waals surface area contributed by atoms with E-state index in [1.807, 2.05) is 52.7 Å². The van der Waals surface area contributed by atoms with Gasteiger partial charge in [-0.25, -0.2) is 0 Å². The van der Waals surface area contributed by atoms with Crippen LogP contribution in [0.2, 0.25) is 0 Å². The van der Waals surface area contributed by atoms with Crippen LogP contribution < -0.4 is 4.74 Å². The second-order valence-corrected chi connectivity index (χ2v) is 6.94. The van der Waals surface area contributed by atoms with E-state index in [9.17, 15) is 4.79 Å². The fraction of sp³-hybridized carbons (Fsp3) is 0.250. The van der Waals surface area contributed by atoms with Gasteiger partial charge in [0.05, 0.1) is 25.8 Å². The molecule has 4 nitrogen and oxygen atoms in total. The van der Waals surface area contributed by atoms with Gasteiger partial charge in [-0.05, 0) is 23.8 Å². The molecule has 2 heterocycles. The van der Waals surface area contributed by atoms with Crippen LogP contribution in [0.3, 0.4) is 0 Å². The van der Waals surface area contributed by atoms with Gasteiger partial charge >= 0.3 is 0 Å². The maximum atomic E-state index is 13.0. The van der Waals surface area contributed by atoms with Gasteiger partial charge in [0, 0.05) is 22.0 Å². The third-order valence-electron chi connectivity index (χ3n) is 4.53. The normalized spacial score (nSPS) is 17.6. The Morgan fingerprint density at radius 1 is 1.24 bits per heavy atom.